The number of carbonyl (C=O) groups is 1. The molecule has 0 spiro atoms. The lowest BCUT2D eigenvalue weighted by Crippen LogP contribution is -2.22. The third-order valence-electron chi connectivity index (χ3n) is 2.43. The van der Waals surface area contributed by atoms with Gasteiger partial charge in [0.15, 0.2) is 0 Å². The van der Waals surface area contributed by atoms with Crippen LogP contribution in [0.5, 0.6) is 11.5 Å². The molecule has 18 heavy (non-hydrogen) atoms. The Morgan fingerprint density at radius 2 is 1.89 bits per heavy atom. The molecule has 0 fully saturated rings. The zero-order chi connectivity index (χ0) is 13.0. The smallest absolute Gasteiger partial charge is 0.255 e. The summed E-state index contributed by atoms with van der Waals surface area (Å²) < 4.78 is 0. The zero-order valence-electron chi connectivity index (χ0n) is 9.50. The molecule has 1 heterocycles. The number of aromatic nitrogens is 1. The van der Waals surface area contributed by atoms with E-state index in [1.807, 2.05) is 0 Å². The van der Waals surface area contributed by atoms with Gasteiger partial charge in [-0.15, -0.1) is 0 Å². The second kappa shape index (κ2) is 5.18. The summed E-state index contributed by atoms with van der Waals surface area (Å²) in [6.07, 6.45) is 2.66. The van der Waals surface area contributed by atoms with Crippen molar-refractivity contribution in [2.45, 2.75) is 6.54 Å². The number of benzene rings is 1. The van der Waals surface area contributed by atoms with Crippen molar-refractivity contribution in [2.24, 2.45) is 0 Å². The molecule has 5 heteroatoms. The summed E-state index contributed by atoms with van der Waals surface area (Å²) in [6.45, 7) is 0.320. The van der Waals surface area contributed by atoms with Crippen molar-refractivity contribution in [3.8, 4) is 11.5 Å². The highest BCUT2D eigenvalue weighted by Gasteiger charge is 2.09. The lowest BCUT2D eigenvalue weighted by molar-refractivity contribution is 0.0948. The van der Waals surface area contributed by atoms with E-state index >= 15 is 0 Å². The first kappa shape index (κ1) is 11.9. The van der Waals surface area contributed by atoms with Crippen molar-refractivity contribution < 1.29 is 15.0 Å². The number of phenols is 1. The molecule has 0 aliphatic rings. The van der Waals surface area contributed by atoms with Crippen molar-refractivity contribution in [3.05, 3.63) is 53.9 Å². The maximum Gasteiger partial charge on any atom is 0.255 e. The molecule has 0 aliphatic carbocycles. The Hall–Kier alpha value is -2.56. The van der Waals surface area contributed by atoms with Crippen LogP contribution in [0, 0.1) is 0 Å². The number of aromatic hydroxyl groups is 2. The van der Waals surface area contributed by atoms with Crippen LogP contribution in [0.25, 0.3) is 0 Å². The van der Waals surface area contributed by atoms with Crippen LogP contribution in [0.1, 0.15) is 15.9 Å². The molecular formula is C13H12N2O3. The van der Waals surface area contributed by atoms with Gasteiger partial charge in [-0.25, -0.2) is 0 Å². The number of nitrogens with one attached hydrogen (secondary N) is 1. The molecule has 0 saturated heterocycles. The standard InChI is InChI=1S/C13H12N2O3/c16-10-3-1-9(2-4-10)7-15-13(18)11-5-6-14-8-12(11)17/h1-6,8,16-17H,7H2,(H,15,18). The molecule has 1 aromatic carbocycles. The molecule has 0 bridgehead atoms. The Balaban J connectivity index is 2.01. The van der Waals surface area contributed by atoms with Crippen molar-refractivity contribution >= 4 is 5.91 Å². The quantitative estimate of drug-likeness (QED) is 0.762. The first-order valence-electron chi connectivity index (χ1n) is 5.36. The fourth-order valence-electron chi connectivity index (χ4n) is 1.47. The zero-order valence-corrected chi connectivity index (χ0v) is 9.50. The summed E-state index contributed by atoms with van der Waals surface area (Å²) in [5.41, 5.74) is 1.04. The average molecular weight is 244 g/mol. The normalized spacial score (nSPS) is 10.0. The van der Waals surface area contributed by atoms with Crippen LogP contribution in [0.3, 0.4) is 0 Å². The van der Waals surface area contributed by atoms with Crippen LogP contribution in [-0.2, 0) is 6.54 Å². The minimum atomic E-state index is -0.372. The molecule has 2 aromatic rings. The van der Waals surface area contributed by atoms with Crippen LogP contribution >= 0.6 is 0 Å². The first-order valence-corrected chi connectivity index (χ1v) is 5.36. The van der Waals surface area contributed by atoms with Gasteiger partial charge in [-0.1, -0.05) is 12.1 Å². The summed E-state index contributed by atoms with van der Waals surface area (Å²) in [6, 6.07) is 7.96. The van der Waals surface area contributed by atoms with Crippen molar-refractivity contribution in [2.75, 3.05) is 0 Å². The Morgan fingerprint density at radius 3 is 2.56 bits per heavy atom. The van der Waals surface area contributed by atoms with Gasteiger partial charge in [0.05, 0.1) is 11.8 Å². The van der Waals surface area contributed by atoms with Crippen molar-refractivity contribution in [1.29, 1.82) is 0 Å². The van der Waals surface area contributed by atoms with Crippen LogP contribution in [0.2, 0.25) is 0 Å². The van der Waals surface area contributed by atoms with E-state index in [9.17, 15) is 9.90 Å². The Kier molecular flexibility index (Phi) is 3.43. The number of amides is 1. The molecule has 1 amide bonds. The lowest BCUT2D eigenvalue weighted by Gasteiger charge is -2.06. The van der Waals surface area contributed by atoms with E-state index in [0.717, 1.165) is 5.56 Å². The highest BCUT2D eigenvalue weighted by Crippen LogP contribution is 2.14. The number of hydrogen-bond acceptors (Lipinski definition) is 4. The van der Waals surface area contributed by atoms with Gasteiger partial charge >= 0.3 is 0 Å². The number of rotatable bonds is 3. The number of pyridine rings is 1. The van der Waals surface area contributed by atoms with Gasteiger partial charge in [-0.2, -0.15) is 0 Å². The number of phenolic OH excluding ortho intramolecular Hbond substituents is 1. The van der Waals surface area contributed by atoms with Gasteiger partial charge in [0.25, 0.3) is 5.91 Å². The summed E-state index contributed by atoms with van der Waals surface area (Å²) in [5, 5.41) is 21.2. The predicted octanol–water partition coefficient (Wildman–Crippen LogP) is 1.42. The second-order valence-electron chi connectivity index (χ2n) is 3.74. The lowest BCUT2D eigenvalue weighted by atomic mass is 10.2. The van der Waals surface area contributed by atoms with E-state index in [0.29, 0.717) is 6.54 Å². The molecule has 5 nitrogen and oxygen atoms in total. The van der Waals surface area contributed by atoms with Gasteiger partial charge in [0.2, 0.25) is 0 Å². The van der Waals surface area contributed by atoms with E-state index in [-0.39, 0.29) is 23.0 Å². The van der Waals surface area contributed by atoms with Crippen LogP contribution in [0.4, 0.5) is 0 Å². The summed E-state index contributed by atoms with van der Waals surface area (Å²) in [7, 11) is 0. The largest absolute Gasteiger partial charge is 0.508 e. The van der Waals surface area contributed by atoms with Gasteiger partial charge in [-0.05, 0) is 23.8 Å². The molecule has 2 rings (SSSR count). The van der Waals surface area contributed by atoms with E-state index in [1.165, 1.54) is 18.5 Å². The van der Waals surface area contributed by atoms with Gasteiger partial charge in [0.1, 0.15) is 11.5 Å². The third kappa shape index (κ3) is 2.76. The number of hydrogen-bond donors (Lipinski definition) is 3. The monoisotopic (exact) mass is 244 g/mol. The van der Waals surface area contributed by atoms with Crippen LogP contribution in [0.15, 0.2) is 42.7 Å². The third-order valence-corrected chi connectivity index (χ3v) is 2.43. The molecular weight excluding hydrogens is 232 g/mol. The van der Waals surface area contributed by atoms with E-state index in [1.54, 1.807) is 24.3 Å². The maximum absolute atomic E-state index is 11.8. The SMILES string of the molecule is O=C(NCc1ccc(O)cc1)c1ccncc1O. The molecule has 0 atom stereocenters. The topological polar surface area (TPSA) is 82.5 Å². The number of carbonyl (C=O) groups excluding carboxylic acids is 1. The van der Waals surface area contributed by atoms with Gasteiger partial charge in [0, 0.05) is 12.7 Å². The van der Waals surface area contributed by atoms with Crippen LogP contribution < -0.4 is 5.32 Å². The molecule has 0 radical (unpaired) electrons. The highest BCUT2D eigenvalue weighted by atomic mass is 16.3. The Bertz CT molecular complexity index is 552. The molecule has 0 saturated carbocycles. The summed E-state index contributed by atoms with van der Waals surface area (Å²) >= 11 is 0. The van der Waals surface area contributed by atoms with Crippen molar-refractivity contribution in [3.63, 3.8) is 0 Å². The minimum absolute atomic E-state index is 0.152. The fraction of sp³-hybridized carbons (Fsp3) is 0.0769. The summed E-state index contributed by atoms with van der Waals surface area (Å²) in [4.78, 5) is 15.5. The van der Waals surface area contributed by atoms with Gasteiger partial charge in [-0.3, -0.25) is 9.78 Å². The first-order chi connectivity index (χ1) is 8.66. The second-order valence-corrected chi connectivity index (χ2v) is 3.74. The van der Waals surface area contributed by atoms with E-state index in [2.05, 4.69) is 10.3 Å². The minimum Gasteiger partial charge on any atom is -0.508 e. The maximum atomic E-state index is 11.8. The molecule has 92 valence electrons. The van der Waals surface area contributed by atoms with Crippen LogP contribution in [-0.4, -0.2) is 21.1 Å². The fourth-order valence-corrected chi connectivity index (χ4v) is 1.47. The molecule has 3 N–H and O–H groups in total. The summed E-state index contributed by atoms with van der Waals surface area (Å²) in [5.74, 6) is -0.347. The van der Waals surface area contributed by atoms with Gasteiger partial charge < -0.3 is 15.5 Å². The highest BCUT2D eigenvalue weighted by molar-refractivity contribution is 5.96. The molecule has 0 aliphatic heterocycles. The number of nitrogens with zero attached hydrogens (tertiary/aromatic N) is 1. The molecule has 0 unspecified atom stereocenters. The average Bonchev–Trinajstić information content (AvgIpc) is 2.38. The Labute approximate surface area is 104 Å². The van der Waals surface area contributed by atoms with Crippen molar-refractivity contribution in [1.82, 2.24) is 10.3 Å². The Morgan fingerprint density at radius 1 is 1.17 bits per heavy atom. The van der Waals surface area contributed by atoms with E-state index in [4.69, 9.17) is 5.11 Å². The molecule has 1 aromatic heterocycles. The predicted molar refractivity (Wildman–Crippen MR) is 65.2 cm³/mol. The van der Waals surface area contributed by atoms with E-state index < -0.39 is 0 Å².